The Morgan fingerprint density at radius 3 is 3.05 bits per heavy atom. The van der Waals surface area contributed by atoms with Crippen molar-refractivity contribution in [2.75, 3.05) is 0 Å². The predicted molar refractivity (Wildman–Crippen MR) is 71.5 cm³/mol. The summed E-state index contributed by atoms with van der Waals surface area (Å²) < 4.78 is 27.7. The molecule has 0 aromatic carbocycles. The fourth-order valence-corrected chi connectivity index (χ4v) is 2.14. The van der Waals surface area contributed by atoms with Crippen molar-refractivity contribution in [2.24, 2.45) is 0 Å². The zero-order chi connectivity index (χ0) is 14.1. The van der Waals surface area contributed by atoms with Crippen LogP contribution in [0.4, 0.5) is 8.78 Å². The second-order valence-corrected chi connectivity index (χ2v) is 4.34. The Hall–Kier alpha value is -2.56. The number of hydrogen-bond acceptors (Lipinski definition) is 2. The molecule has 3 rings (SSSR count). The topological polar surface area (TPSA) is 45.8 Å². The minimum Gasteiger partial charge on any atom is -0.345 e. The van der Waals surface area contributed by atoms with Gasteiger partial charge in [-0.15, -0.1) is 0 Å². The summed E-state index contributed by atoms with van der Waals surface area (Å²) in [6.45, 7) is 0. The first kappa shape index (κ1) is 12.5. The van der Waals surface area contributed by atoms with Gasteiger partial charge in [-0.3, -0.25) is 4.79 Å². The maximum Gasteiger partial charge on any atom is 0.201 e. The van der Waals surface area contributed by atoms with E-state index in [0.29, 0.717) is 11.0 Å². The van der Waals surface area contributed by atoms with Crippen molar-refractivity contribution < 1.29 is 13.6 Å². The Morgan fingerprint density at radius 2 is 2.20 bits per heavy atom. The lowest BCUT2D eigenvalue weighted by molar-refractivity contribution is 0.103. The fourth-order valence-electron chi connectivity index (χ4n) is 2.14. The van der Waals surface area contributed by atoms with Gasteiger partial charge >= 0.3 is 0 Å². The fraction of sp³-hybridized carbons (Fsp3) is 0.0667. The molecule has 1 aliphatic carbocycles. The summed E-state index contributed by atoms with van der Waals surface area (Å²) >= 11 is 0. The smallest absolute Gasteiger partial charge is 0.201 e. The summed E-state index contributed by atoms with van der Waals surface area (Å²) in [4.78, 5) is 19.3. The molecular formula is C15H10F2N2O. The van der Waals surface area contributed by atoms with Gasteiger partial charge in [-0.1, -0.05) is 6.08 Å². The van der Waals surface area contributed by atoms with E-state index in [2.05, 4.69) is 9.97 Å². The summed E-state index contributed by atoms with van der Waals surface area (Å²) in [5.74, 6) is -2.39. The van der Waals surface area contributed by atoms with E-state index in [1.165, 1.54) is 18.3 Å². The molecule has 0 atom stereocenters. The summed E-state index contributed by atoms with van der Waals surface area (Å²) in [5.41, 5.74) is 0.172. The molecule has 0 unspecified atom stereocenters. The lowest BCUT2D eigenvalue weighted by Crippen LogP contribution is -2.05. The number of rotatable bonds is 2. The van der Waals surface area contributed by atoms with Crippen LogP contribution >= 0.6 is 0 Å². The minimum atomic E-state index is -0.862. The van der Waals surface area contributed by atoms with Gasteiger partial charge in [0.15, 0.2) is 0 Å². The third kappa shape index (κ3) is 1.97. The first-order valence-corrected chi connectivity index (χ1v) is 6.07. The van der Waals surface area contributed by atoms with Crippen molar-refractivity contribution in [2.45, 2.75) is 6.42 Å². The number of aromatic amines is 1. The van der Waals surface area contributed by atoms with E-state index in [-0.39, 0.29) is 12.0 Å². The van der Waals surface area contributed by atoms with Crippen molar-refractivity contribution in [3.63, 3.8) is 0 Å². The first-order valence-electron chi connectivity index (χ1n) is 6.07. The van der Waals surface area contributed by atoms with Gasteiger partial charge in [-0.2, -0.15) is 0 Å². The molecule has 3 nitrogen and oxygen atoms in total. The van der Waals surface area contributed by atoms with Gasteiger partial charge < -0.3 is 4.98 Å². The van der Waals surface area contributed by atoms with Gasteiger partial charge in [0, 0.05) is 23.3 Å². The summed E-state index contributed by atoms with van der Waals surface area (Å²) in [6, 6.07) is 3.34. The molecule has 0 aliphatic heterocycles. The van der Waals surface area contributed by atoms with E-state index in [4.69, 9.17) is 0 Å². The van der Waals surface area contributed by atoms with E-state index < -0.39 is 23.0 Å². The number of H-pyrrole nitrogens is 1. The number of allylic oxidation sites excluding steroid dienone is 6. The number of hydrogen-bond donors (Lipinski definition) is 1. The number of pyridine rings is 1. The van der Waals surface area contributed by atoms with Crippen LogP contribution in [0.5, 0.6) is 0 Å². The predicted octanol–water partition coefficient (Wildman–Crippen LogP) is 3.78. The van der Waals surface area contributed by atoms with E-state index in [1.807, 2.05) is 0 Å². The first-order chi connectivity index (χ1) is 9.68. The van der Waals surface area contributed by atoms with E-state index in [9.17, 15) is 13.6 Å². The van der Waals surface area contributed by atoms with Gasteiger partial charge in [0.1, 0.15) is 17.3 Å². The van der Waals surface area contributed by atoms with Crippen LogP contribution in [0.15, 0.2) is 60.0 Å². The molecule has 1 N–H and O–H groups in total. The van der Waals surface area contributed by atoms with Crippen molar-refractivity contribution in [3.8, 4) is 0 Å². The summed E-state index contributed by atoms with van der Waals surface area (Å²) in [6.07, 6.45) is 7.01. The molecule has 2 aromatic rings. The largest absolute Gasteiger partial charge is 0.345 e. The maximum absolute atomic E-state index is 13.9. The number of Topliss-reactive ketones (excluding diaryl/α,β-unsaturated/α-hetero) is 1. The van der Waals surface area contributed by atoms with Crippen molar-refractivity contribution in [1.29, 1.82) is 0 Å². The SMILES string of the molecule is O=C(C1=C(F)C=CCC=C1F)c1c[nH]c2ncccc12. The highest BCUT2D eigenvalue weighted by molar-refractivity contribution is 6.17. The van der Waals surface area contributed by atoms with Crippen LogP contribution in [0.1, 0.15) is 16.8 Å². The van der Waals surface area contributed by atoms with Crippen LogP contribution in [0, 0.1) is 0 Å². The molecule has 100 valence electrons. The number of carbonyl (C=O) groups excluding carboxylic acids is 1. The quantitative estimate of drug-likeness (QED) is 0.845. The number of ketones is 1. The number of nitrogens with one attached hydrogen (secondary N) is 1. The second kappa shape index (κ2) is 4.85. The molecule has 2 aromatic heterocycles. The lowest BCUT2D eigenvalue weighted by atomic mass is 10.0. The molecule has 2 heterocycles. The van der Waals surface area contributed by atoms with Crippen LogP contribution in [-0.4, -0.2) is 15.8 Å². The molecule has 0 saturated heterocycles. The summed E-state index contributed by atoms with van der Waals surface area (Å²) in [7, 11) is 0. The van der Waals surface area contributed by atoms with Crippen molar-refractivity contribution >= 4 is 16.8 Å². The van der Waals surface area contributed by atoms with E-state index >= 15 is 0 Å². The normalized spacial score (nSPS) is 15.4. The molecule has 0 saturated carbocycles. The molecule has 0 radical (unpaired) electrons. The molecule has 5 heteroatoms. The number of halogens is 2. The summed E-state index contributed by atoms with van der Waals surface area (Å²) in [5, 5.41) is 0.541. The Morgan fingerprint density at radius 1 is 1.35 bits per heavy atom. The highest BCUT2D eigenvalue weighted by Crippen LogP contribution is 2.28. The zero-order valence-corrected chi connectivity index (χ0v) is 10.4. The van der Waals surface area contributed by atoms with Crippen molar-refractivity contribution in [1.82, 2.24) is 9.97 Å². The Balaban J connectivity index is 2.15. The van der Waals surface area contributed by atoms with Crippen LogP contribution in [0.25, 0.3) is 11.0 Å². The molecule has 1 aliphatic rings. The van der Waals surface area contributed by atoms with Crippen LogP contribution in [0.2, 0.25) is 0 Å². The van der Waals surface area contributed by atoms with Crippen molar-refractivity contribution in [3.05, 3.63) is 65.5 Å². The van der Waals surface area contributed by atoms with Gasteiger partial charge in [-0.05, 0) is 30.7 Å². The van der Waals surface area contributed by atoms with Gasteiger partial charge in [0.2, 0.25) is 5.78 Å². The maximum atomic E-state index is 13.9. The number of aromatic nitrogens is 2. The van der Waals surface area contributed by atoms with Crippen LogP contribution < -0.4 is 0 Å². The average molecular weight is 272 g/mol. The second-order valence-electron chi connectivity index (χ2n) is 4.34. The Kier molecular flexibility index (Phi) is 3.02. The minimum absolute atomic E-state index is 0.206. The monoisotopic (exact) mass is 272 g/mol. The van der Waals surface area contributed by atoms with Crippen LogP contribution in [-0.2, 0) is 0 Å². The Bertz CT molecular complexity index is 784. The number of carbonyl (C=O) groups is 1. The third-order valence-electron chi connectivity index (χ3n) is 3.10. The molecule has 0 spiro atoms. The molecule has 0 fully saturated rings. The van der Waals surface area contributed by atoms with Gasteiger partial charge in [0.05, 0.1) is 5.57 Å². The average Bonchev–Trinajstić information content (AvgIpc) is 2.80. The van der Waals surface area contributed by atoms with E-state index in [0.717, 1.165) is 6.08 Å². The zero-order valence-electron chi connectivity index (χ0n) is 10.4. The standard InChI is InChI=1S/C15H10F2N2O/c16-11-5-1-2-6-12(17)13(11)14(20)10-8-19-15-9(10)4-3-7-18-15/h1,3-8H,2H2,(H,18,19). The van der Waals surface area contributed by atoms with E-state index in [1.54, 1.807) is 18.3 Å². The number of nitrogens with zero attached hydrogens (tertiary/aromatic N) is 1. The molecule has 0 amide bonds. The van der Waals surface area contributed by atoms with Gasteiger partial charge in [0.25, 0.3) is 0 Å². The highest BCUT2D eigenvalue weighted by atomic mass is 19.1. The molecule has 0 bridgehead atoms. The highest BCUT2D eigenvalue weighted by Gasteiger charge is 2.24. The third-order valence-corrected chi connectivity index (χ3v) is 3.10. The number of fused-ring (bicyclic) bond motifs is 1. The Labute approximate surface area is 113 Å². The van der Waals surface area contributed by atoms with Crippen LogP contribution in [0.3, 0.4) is 0 Å². The lowest BCUT2D eigenvalue weighted by Gasteiger charge is -2.03. The molecular weight excluding hydrogens is 262 g/mol. The molecule has 20 heavy (non-hydrogen) atoms. The van der Waals surface area contributed by atoms with Gasteiger partial charge in [-0.25, -0.2) is 13.8 Å².